The first-order valence-electron chi connectivity index (χ1n) is 6.01. The van der Waals surface area contributed by atoms with Gasteiger partial charge in [0.2, 0.25) is 5.89 Å². The molecule has 1 aromatic carbocycles. The molecule has 1 aromatic heterocycles. The zero-order valence-electron chi connectivity index (χ0n) is 10.8. The fourth-order valence-corrected chi connectivity index (χ4v) is 2.70. The van der Waals surface area contributed by atoms with E-state index in [-0.39, 0.29) is 0 Å². The van der Waals surface area contributed by atoms with E-state index >= 15 is 0 Å². The smallest absolute Gasteiger partial charge is 0.281 e. The average molecular weight is 263 g/mol. The van der Waals surface area contributed by atoms with E-state index in [2.05, 4.69) is 41.5 Å². The lowest BCUT2D eigenvalue weighted by molar-refractivity contribution is 0.429. The third kappa shape index (κ3) is 3.11. The Bertz CT molecular complexity index is 512. The van der Waals surface area contributed by atoms with Gasteiger partial charge in [-0.3, -0.25) is 0 Å². The lowest BCUT2D eigenvalue weighted by atomic mass is 10.1. The molecule has 0 aliphatic rings. The third-order valence-corrected chi connectivity index (χ3v) is 3.53. The first-order chi connectivity index (χ1) is 8.70. The maximum absolute atomic E-state index is 5.40. The standard InChI is InChI=1S/C13H17N3OS/c1-4-14-9(2)11-7-5-6-8-12(11)18-13-16-15-10(3)17-13/h5-9,14H,4H2,1-3H3. The van der Waals surface area contributed by atoms with Gasteiger partial charge in [0.15, 0.2) is 0 Å². The molecule has 96 valence electrons. The summed E-state index contributed by atoms with van der Waals surface area (Å²) >= 11 is 1.51. The first-order valence-corrected chi connectivity index (χ1v) is 6.82. The molecule has 0 amide bonds. The van der Waals surface area contributed by atoms with Crippen LogP contribution in [0.3, 0.4) is 0 Å². The molecule has 1 heterocycles. The SMILES string of the molecule is CCNC(C)c1ccccc1Sc1nnc(C)o1. The molecule has 4 nitrogen and oxygen atoms in total. The van der Waals surface area contributed by atoms with Crippen LogP contribution in [0.15, 0.2) is 38.8 Å². The van der Waals surface area contributed by atoms with Crippen LogP contribution >= 0.6 is 11.8 Å². The van der Waals surface area contributed by atoms with Gasteiger partial charge in [-0.1, -0.05) is 25.1 Å². The molecule has 0 bridgehead atoms. The van der Waals surface area contributed by atoms with Crippen LogP contribution in [0.4, 0.5) is 0 Å². The van der Waals surface area contributed by atoms with Crippen molar-refractivity contribution in [3.8, 4) is 0 Å². The highest BCUT2D eigenvalue weighted by atomic mass is 32.2. The molecule has 5 heteroatoms. The van der Waals surface area contributed by atoms with Crippen molar-refractivity contribution in [3.05, 3.63) is 35.7 Å². The van der Waals surface area contributed by atoms with Gasteiger partial charge < -0.3 is 9.73 Å². The second-order valence-corrected chi connectivity index (χ2v) is 5.00. The zero-order chi connectivity index (χ0) is 13.0. The molecule has 0 aliphatic heterocycles. The van der Waals surface area contributed by atoms with Crippen LogP contribution < -0.4 is 5.32 Å². The molecule has 0 radical (unpaired) electrons. The third-order valence-electron chi connectivity index (χ3n) is 2.60. The van der Waals surface area contributed by atoms with E-state index in [9.17, 15) is 0 Å². The summed E-state index contributed by atoms with van der Waals surface area (Å²) in [6.45, 7) is 7.00. The summed E-state index contributed by atoms with van der Waals surface area (Å²) in [4.78, 5) is 1.15. The number of rotatable bonds is 5. The second kappa shape index (κ2) is 6.02. The summed E-state index contributed by atoms with van der Waals surface area (Å²) in [5.74, 6) is 0.592. The Morgan fingerprint density at radius 2 is 2.11 bits per heavy atom. The fraction of sp³-hybridized carbons (Fsp3) is 0.385. The molecule has 0 aliphatic carbocycles. The molecule has 18 heavy (non-hydrogen) atoms. The normalized spacial score (nSPS) is 12.6. The molecular formula is C13H17N3OS. The Balaban J connectivity index is 2.22. The van der Waals surface area contributed by atoms with Gasteiger partial charge in [0, 0.05) is 17.9 Å². The summed E-state index contributed by atoms with van der Waals surface area (Å²) in [6, 6.07) is 8.58. The molecule has 1 N–H and O–H groups in total. The Kier molecular flexibility index (Phi) is 4.38. The molecule has 1 atom stereocenters. The van der Waals surface area contributed by atoms with E-state index in [0.717, 1.165) is 11.4 Å². The summed E-state index contributed by atoms with van der Waals surface area (Å²) in [6.07, 6.45) is 0. The second-order valence-electron chi connectivity index (χ2n) is 4.01. The van der Waals surface area contributed by atoms with Gasteiger partial charge in [-0.25, -0.2) is 0 Å². The Morgan fingerprint density at radius 1 is 1.33 bits per heavy atom. The summed E-state index contributed by atoms with van der Waals surface area (Å²) in [5, 5.41) is 11.9. The monoisotopic (exact) mass is 263 g/mol. The van der Waals surface area contributed by atoms with Crippen LogP contribution in [0.5, 0.6) is 0 Å². The lowest BCUT2D eigenvalue weighted by Gasteiger charge is -2.15. The number of nitrogens with one attached hydrogen (secondary N) is 1. The highest BCUT2D eigenvalue weighted by molar-refractivity contribution is 7.99. The Labute approximate surface area is 111 Å². The number of benzene rings is 1. The molecule has 0 spiro atoms. The van der Waals surface area contributed by atoms with Crippen LogP contribution in [0.1, 0.15) is 31.3 Å². The van der Waals surface area contributed by atoms with E-state index in [1.165, 1.54) is 17.3 Å². The topological polar surface area (TPSA) is 51.0 Å². The van der Waals surface area contributed by atoms with Crippen molar-refractivity contribution in [1.29, 1.82) is 0 Å². The lowest BCUT2D eigenvalue weighted by Crippen LogP contribution is -2.18. The predicted octanol–water partition coefficient (Wildman–Crippen LogP) is 3.20. The van der Waals surface area contributed by atoms with Gasteiger partial charge in [-0.15, -0.1) is 10.2 Å². The van der Waals surface area contributed by atoms with Gasteiger partial charge in [0.05, 0.1) is 0 Å². The van der Waals surface area contributed by atoms with Crippen LogP contribution in [0, 0.1) is 6.92 Å². The van der Waals surface area contributed by atoms with E-state index in [4.69, 9.17) is 4.42 Å². The van der Waals surface area contributed by atoms with Gasteiger partial charge in [-0.05, 0) is 36.9 Å². The number of hydrogen-bond acceptors (Lipinski definition) is 5. The first kappa shape index (κ1) is 13.1. The molecule has 0 saturated heterocycles. The van der Waals surface area contributed by atoms with Gasteiger partial charge in [-0.2, -0.15) is 0 Å². The largest absolute Gasteiger partial charge is 0.416 e. The highest BCUT2D eigenvalue weighted by Gasteiger charge is 2.12. The Morgan fingerprint density at radius 3 is 2.78 bits per heavy atom. The van der Waals surface area contributed by atoms with Crippen molar-refractivity contribution in [2.45, 2.75) is 36.9 Å². The van der Waals surface area contributed by atoms with Crippen LogP contribution in [-0.2, 0) is 0 Å². The van der Waals surface area contributed by atoms with E-state index in [1.807, 2.05) is 12.1 Å². The van der Waals surface area contributed by atoms with E-state index in [1.54, 1.807) is 6.92 Å². The molecule has 2 rings (SSSR count). The molecular weight excluding hydrogens is 246 g/mol. The van der Waals surface area contributed by atoms with Crippen molar-refractivity contribution in [2.24, 2.45) is 0 Å². The van der Waals surface area contributed by atoms with Crippen LogP contribution in [0.2, 0.25) is 0 Å². The minimum atomic E-state index is 0.308. The molecule has 1 unspecified atom stereocenters. The number of hydrogen-bond donors (Lipinski definition) is 1. The predicted molar refractivity (Wildman–Crippen MR) is 71.7 cm³/mol. The van der Waals surface area contributed by atoms with E-state index in [0.29, 0.717) is 17.2 Å². The van der Waals surface area contributed by atoms with Gasteiger partial charge >= 0.3 is 0 Å². The van der Waals surface area contributed by atoms with Gasteiger partial charge in [0.1, 0.15) is 0 Å². The number of aryl methyl sites for hydroxylation is 1. The van der Waals surface area contributed by atoms with Gasteiger partial charge in [0.25, 0.3) is 5.22 Å². The van der Waals surface area contributed by atoms with Crippen molar-refractivity contribution >= 4 is 11.8 Å². The Hall–Kier alpha value is -1.33. The summed E-state index contributed by atoms with van der Waals surface area (Å²) in [7, 11) is 0. The van der Waals surface area contributed by atoms with Crippen molar-refractivity contribution in [1.82, 2.24) is 15.5 Å². The maximum atomic E-state index is 5.40. The highest BCUT2D eigenvalue weighted by Crippen LogP contribution is 2.32. The molecule has 0 fully saturated rings. The maximum Gasteiger partial charge on any atom is 0.281 e. The zero-order valence-corrected chi connectivity index (χ0v) is 11.6. The molecule has 0 saturated carbocycles. The molecule has 2 aromatic rings. The average Bonchev–Trinajstić information content (AvgIpc) is 2.76. The fourth-order valence-electron chi connectivity index (χ4n) is 1.76. The van der Waals surface area contributed by atoms with Crippen molar-refractivity contribution < 1.29 is 4.42 Å². The summed E-state index contributed by atoms with van der Waals surface area (Å²) in [5.41, 5.74) is 1.25. The van der Waals surface area contributed by atoms with Crippen LogP contribution in [-0.4, -0.2) is 16.7 Å². The van der Waals surface area contributed by atoms with Crippen molar-refractivity contribution in [3.63, 3.8) is 0 Å². The van der Waals surface area contributed by atoms with Crippen molar-refractivity contribution in [2.75, 3.05) is 6.54 Å². The number of aromatic nitrogens is 2. The summed E-state index contributed by atoms with van der Waals surface area (Å²) < 4.78 is 5.40. The van der Waals surface area contributed by atoms with Crippen LogP contribution in [0.25, 0.3) is 0 Å². The quantitative estimate of drug-likeness (QED) is 0.897. The minimum absolute atomic E-state index is 0.308. The van der Waals surface area contributed by atoms with E-state index < -0.39 is 0 Å². The minimum Gasteiger partial charge on any atom is -0.416 e. The number of nitrogens with zero attached hydrogens (tertiary/aromatic N) is 2.